The molecule has 0 aliphatic heterocycles. The summed E-state index contributed by atoms with van der Waals surface area (Å²) in [4.78, 5) is 20.5. The standard InChI is InChI=1S/C10H6N2O4/c11-6-8(10(13)14)5-7-3-1-2-4-9(7)12(15)16/h1-5H,(H,13,14)/b8-5-. The van der Waals surface area contributed by atoms with Gasteiger partial charge in [0.25, 0.3) is 5.69 Å². The molecule has 1 aromatic carbocycles. The van der Waals surface area contributed by atoms with Crippen molar-refractivity contribution in [2.75, 3.05) is 0 Å². The highest BCUT2D eigenvalue weighted by Gasteiger charge is 2.13. The minimum atomic E-state index is -1.42. The first-order valence-corrected chi connectivity index (χ1v) is 4.14. The Morgan fingerprint density at radius 3 is 2.62 bits per heavy atom. The lowest BCUT2D eigenvalue weighted by atomic mass is 10.1. The molecule has 6 nitrogen and oxygen atoms in total. The van der Waals surface area contributed by atoms with Crippen molar-refractivity contribution in [1.82, 2.24) is 0 Å². The van der Waals surface area contributed by atoms with Crippen molar-refractivity contribution >= 4 is 17.7 Å². The minimum Gasteiger partial charge on any atom is -0.477 e. The van der Waals surface area contributed by atoms with Gasteiger partial charge in [-0.1, -0.05) is 12.1 Å². The van der Waals surface area contributed by atoms with E-state index in [4.69, 9.17) is 10.4 Å². The Bertz CT molecular complexity index is 514. The number of nitro groups is 1. The molecule has 0 bridgehead atoms. The van der Waals surface area contributed by atoms with E-state index in [2.05, 4.69) is 0 Å². The second kappa shape index (κ2) is 4.70. The monoisotopic (exact) mass is 218 g/mol. The van der Waals surface area contributed by atoms with Gasteiger partial charge in [-0.25, -0.2) is 4.79 Å². The van der Waals surface area contributed by atoms with Gasteiger partial charge in [0, 0.05) is 6.07 Å². The van der Waals surface area contributed by atoms with Crippen molar-refractivity contribution in [3.63, 3.8) is 0 Å². The van der Waals surface area contributed by atoms with Gasteiger partial charge in [0.05, 0.1) is 10.5 Å². The van der Waals surface area contributed by atoms with Crippen LogP contribution in [-0.2, 0) is 4.79 Å². The molecule has 0 atom stereocenters. The number of rotatable bonds is 3. The summed E-state index contributed by atoms with van der Waals surface area (Å²) in [5, 5.41) is 27.7. The summed E-state index contributed by atoms with van der Waals surface area (Å²) in [5.41, 5.74) is -0.697. The van der Waals surface area contributed by atoms with Gasteiger partial charge in [0.15, 0.2) is 0 Å². The molecule has 0 unspecified atom stereocenters. The van der Waals surface area contributed by atoms with Gasteiger partial charge in [-0.05, 0) is 12.1 Å². The number of carboxylic acid groups (broad SMARTS) is 1. The lowest BCUT2D eigenvalue weighted by molar-refractivity contribution is -0.385. The number of hydrogen-bond donors (Lipinski definition) is 1. The fourth-order valence-electron chi connectivity index (χ4n) is 1.07. The van der Waals surface area contributed by atoms with Gasteiger partial charge in [0.1, 0.15) is 11.6 Å². The largest absolute Gasteiger partial charge is 0.477 e. The van der Waals surface area contributed by atoms with E-state index in [0.717, 1.165) is 6.08 Å². The molecule has 0 aromatic heterocycles. The van der Waals surface area contributed by atoms with Crippen molar-refractivity contribution in [2.24, 2.45) is 0 Å². The van der Waals surface area contributed by atoms with Crippen molar-refractivity contribution in [3.05, 3.63) is 45.5 Å². The van der Waals surface area contributed by atoms with Crippen LogP contribution < -0.4 is 0 Å². The molecule has 0 aliphatic carbocycles. The molecule has 0 fully saturated rings. The smallest absolute Gasteiger partial charge is 0.346 e. The first-order valence-electron chi connectivity index (χ1n) is 4.14. The second-order valence-electron chi connectivity index (χ2n) is 2.79. The summed E-state index contributed by atoms with van der Waals surface area (Å²) in [7, 11) is 0. The van der Waals surface area contributed by atoms with E-state index in [-0.39, 0.29) is 11.3 Å². The fraction of sp³-hybridized carbons (Fsp3) is 0. The number of nitro benzene ring substituents is 1. The van der Waals surface area contributed by atoms with Crippen LogP contribution in [0, 0.1) is 21.4 Å². The van der Waals surface area contributed by atoms with Crippen LogP contribution >= 0.6 is 0 Å². The lowest BCUT2D eigenvalue weighted by Gasteiger charge is -1.96. The van der Waals surface area contributed by atoms with Gasteiger partial charge in [-0.3, -0.25) is 10.1 Å². The Hall–Kier alpha value is -2.68. The van der Waals surface area contributed by atoms with E-state index < -0.39 is 16.5 Å². The molecule has 0 saturated carbocycles. The number of aliphatic carboxylic acids is 1. The molecule has 1 aromatic rings. The quantitative estimate of drug-likeness (QED) is 0.359. The van der Waals surface area contributed by atoms with Crippen LogP contribution in [-0.4, -0.2) is 16.0 Å². The number of hydrogen-bond acceptors (Lipinski definition) is 4. The van der Waals surface area contributed by atoms with Crippen molar-refractivity contribution in [2.45, 2.75) is 0 Å². The molecule has 0 amide bonds. The fourth-order valence-corrected chi connectivity index (χ4v) is 1.07. The number of benzene rings is 1. The third-order valence-corrected chi connectivity index (χ3v) is 1.78. The zero-order chi connectivity index (χ0) is 12.1. The minimum absolute atomic E-state index is 0.0893. The predicted octanol–water partition coefficient (Wildman–Crippen LogP) is 1.59. The topological polar surface area (TPSA) is 104 Å². The maximum absolute atomic E-state index is 10.6. The maximum Gasteiger partial charge on any atom is 0.346 e. The van der Waals surface area contributed by atoms with Crippen molar-refractivity contribution in [1.29, 1.82) is 5.26 Å². The van der Waals surface area contributed by atoms with Gasteiger partial charge in [-0.15, -0.1) is 0 Å². The number of carbonyl (C=O) groups is 1. The summed E-state index contributed by atoms with van der Waals surface area (Å²) >= 11 is 0. The molecule has 1 rings (SSSR count). The zero-order valence-electron chi connectivity index (χ0n) is 7.95. The van der Waals surface area contributed by atoms with Crippen molar-refractivity contribution in [3.8, 4) is 6.07 Å². The van der Waals surface area contributed by atoms with Crippen LogP contribution in [0.4, 0.5) is 5.69 Å². The van der Waals surface area contributed by atoms with Gasteiger partial charge in [0.2, 0.25) is 0 Å². The third-order valence-electron chi connectivity index (χ3n) is 1.78. The number of para-hydroxylation sites is 1. The molecule has 16 heavy (non-hydrogen) atoms. The maximum atomic E-state index is 10.6. The second-order valence-corrected chi connectivity index (χ2v) is 2.79. The van der Waals surface area contributed by atoms with Gasteiger partial charge >= 0.3 is 5.97 Å². The first kappa shape index (κ1) is 11.4. The van der Waals surface area contributed by atoms with Crippen LogP contribution in [0.25, 0.3) is 6.08 Å². The summed E-state index contributed by atoms with van der Waals surface area (Å²) in [6.45, 7) is 0. The molecule has 0 spiro atoms. The van der Waals surface area contributed by atoms with E-state index >= 15 is 0 Å². The molecule has 0 saturated heterocycles. The van der Waals surface area contributed by atoms with Crippen LogP contribution in [0.15, 0.2) is 29.8 Å². The molecule has 0 radical (unpaired) electrons. The Labute approximate surface area is 90.2 Å². The molecule has 80 valence electrons. The normalized spacial score (nSPS) is 10.6. The highest BCUT2D eigenvalue weighted by molar-refractivity contribution is 5.97. The van der Waals surface area contributed by atoms with E-state index in [9.17, 15) is 14.9 Å². The van der Waals surface area contributed by atoms with E-state index in [1.54, 1.807) is 0 Å². The Morgan fingerprint density at radius 2 is 2.12 bits per heavy atom. The molecular formula is C10H6N2O4. The summed E-state index contributed by atoms with van der Waals surface area (Å²) < 4.78 is 0. The van der Waals surface area contributed by atoms with Gasteiger partial charge < -0.3 is 5.11 Å². The Balaban J connectivity index is 3.30. The molecule has 0 heterocycles. The SMILES string of the molecule is N#C/C(=C/c1ccccc1[N+](=O)[O-])C(=O)O. The van der Waals surface area contributed by atoms with Crippen molar-refractivity contribution < 1.29 is 14.8 Å². The highest BCUT2D eigenvalue weighted by Crippen LogP contribution is 2.20. The highest BCUT2D eigenvalue weighted by atomic mass is 16.6. The third kappa shape index (κ3) is 2.42. The summed E-state index contributed by atoms with van der Waals surface area (Å²) in [5.74, 6) is -1.42. The van der Waals surface area contributed by atoms with Crippen LogP contribution in [0.1, 0.15) is 5.56 Å². The summed E-state index contributed by atoms with van der Waals surface area (Å²) in [6, 6.07) is 7.05. The van der Waals surface area contributed by atoms with Crippen LogP contribution in [0.5, 0.6) is 0 Å². The molecular weight excluding hydrogens is 212 g/mol. The van der Waals surface area contributed by atoms with Crippen LogP contribution in [0.3, 0.4) is 0 Å². The van der Waals surface area contributed by atoms with E-state index in [0.29, 0.717) is 0 Å². The Morgan fingerprint density at radius 1 is 1.50 bits per heavy atom. The lowest BCUT2D eigenvalue weighted by Crippen LogP contribution is -1.98. The predicted molar refractivity (Wildman–Crippen MR) is 54.3 cm³/mol. The number of nitriles is 1. The van der Waals surface area contributed by atoms with E-state index in [1.165, 1.54) is 30.3 Å². The Kier molecular flexibility index (Phi) is 3.35. The first-order chi connectivity index (χ1) is 7.56. The number of carboxylic acids is 1. The molecule has 6 heteroatoms. The van der Waals surface area contributed by atoms with Gasteiger partial charge in [-0.2, -0.15) is 5.26 Å². The average Bonchev–Trinajstić information content (AvgIpc) is 2.25. The molecule has 0 aliphatic rings. The molecule has 1 N–H and O–H groups in total. The van der Waals surface area contributed by atoms with E-state index in [1.807, 2.05) is 0 Å². The van der Waals surface area contributed by atoms with Crippen LogP contribution in [0.2, 0.25) is 0 Å². The summed E-state index contributed by atoms with van der Waals surface area (Å²) in [6.07, 6.45) is 0.973. The average molecular weight is 218 g/mol. The number of nitrogens with zero attached hydrogens (tertiary/aromatic N) is 2. The zero-order valence-corrected chi connectivity index (χ0v) is 7.95.